The van der Waals surface area contributed by atoms with Crippen molar-refractivity contribution in [2.75, 3.05) is 5.43 Å². The van der Waals surface area contributed by atoms with Gasteiger partial charge in [0.2, 0.25) is 5.82 Å². The topological polar surface area (TPSA) is 119 Å². The molecule has 0 saturated carbocycles. The number of nitro groups is 1. The molecule has 3 aromatic rings. The molecule has 1 heterocycles. The van der Waals surface area contributed by atoms with Gasteiger partial charge < -0.3 is 4.74 Å². The maximum atomic E-state index is 13.7. The highest BCUT2D eigenvalue weighted by atomic mass is 19.1. The number of carbonyl (C=O) groups is 1. The van der Waals surface area contributed by atoms with Gasteiger partial charge in [-0.05, 0) is 36.2 Å². The molecule has 0 saturated heterocycles. The highest BCUT2D eigenvalue weighted by Gasteiger charge is 2.25. The summed E-state index contributed by atoms with van der Waals surface area (Å²) in [7, 11) is 0. The van der Waals surface area contributed by atoms with Crippen molar-refractivity contribution in [3.8, 4) is 11.6 Å². The second-order valence-electron chi connectivity index (χ2n) is 5.79. The molecule has 0 bridgehead atoms. The van der Waals surface area contributed by atoms with E-state index in [1.54, 1.807) is 12.1 Å². The number of nitrogens with zero attached hydrogens (tertiary/aromatic N) is 3. The Hall–Kier alpha value is -4.08. The number of anilines is 1. The predicted octanol–water partition coefficient (Wildman–Crippen LogP) is 3.64. The summed E-state index contributed by atoms with van der Waals surface area (Å²) in [4.78, 5) is 30.5. The molecule has 3 rings (SSSR count). The summed E-state index contributed by atoms with van der Waals surface area (Å²) >= 11 is 0. The van der Waals surface area contributed by atoms with E-state index < -0.39 is 22.3 Å². The molecule has 0 aliphatic rings. The Morgan fingerprint density at radius 2 is 1.90 bits per heavy atom. The Bertz CT molecular complexity index is 1040. The van der Waals surface area contributed by atoms with Crippen LogP contribution in [0.5, 0.6) is 11.6 Å². The summed E-state index contributed by atoms with van der Waals surface area (Å²) in [5.74, 6) is -1.82. The third-order valence-electron chi connectivity index (χ3n) is 3.93. The van der Waals surface area contributed by atoms with Crippen LogP contribution in [-0.2, 0) is 6.42 Å². The summed E-state index contributed by atoms with van der Waals surface area (Å²) in [5.41, 5.74) is 4.77. The lowest BCUT2D eigenvalue weighted by atomic mass is 10.2. The van der Waals surface area contributed by atoms with E-state index in [4.69, 9.17) is 4.74 Å². The molecule has 148 valence electrons. The first-order valence-electron chi connectivity index (χ1n) is 8.56. The van der Waals surface area contributed by atoms with Crippen LogP contribution in [-0.4, -0.2) is 20.8 Å². The zero-order chi connectivity index (χ0) is 20.8. The third kappa shape index (κ3) is 4.61. The minimum absolute atomic E-state index is 0.232. The van der Waals surface area contributed by atoms with E-state index in [1.807, 2.05) is 19.1 Å². The summed E-state index contributed by atoms with van der Waals surface area (Å²) < 4.78 is 19.2. The summed E-state index contributed by atoms with van der Waals surface area (Å²) in [6, 6.07) is 12.3. The van der Waals surface area contributed by atoms with Crippen molar-refractivity contribution in [3.05, 3.63) is 81.9 Å². The van der Waals surface area contributed by atoms with Crippen molar-refractivity contribution < 1.29 is 18.8 Å². The van der Waals surface area contributed by atoms with Gasteiger partial charge >= 0.3 is 11.6 Å². The number of benzene rings is 2. The van der Waals surface area contributed by atoms with Gasteiger partial charge in [-0.1, -0.05) is 31.2 Å². The first kappa shape index (κ1) is 19.7. The summed E-state index contributed by atoms with van der Waals surface area (Å²) in [6.07, 6.45) is 1.88. The predicted molar refractivity (Wildman–Crippen MR) is 102 cm³/mol. The molecule has 0 aliphatic heterocycles. The molecule has 1 amide bonds. The quantitative estimate of drug-likeness (QED) is 0.461. The second-order valence-corrected chi connectivity index (χ2v) is 5.79. The zero-order valence-corrected chi connectivity index (χ0v) is 15.3. The van der Waals surface area contributed by atoms with Crippen LogP contribution in [0.1, 0.15) is 22.8 Å². The van der Waals surface area contributed by atoms with Gasteiger partial charge in [0.05, 0.1) is 10.5 Å². The molecule has 0 spiro atoms. The van der Waals surface area contributed by atoms with Crippen molar-refractivity contribution in [3.63, 3.8) is 0 Å². The number of carbonyl (C=O) groups excluding carboxylic acids is 1. The van der Waals surface area contributed by atoms with Crippen LogP contribution in [0.4, 0.5) is 15.9 Å². The molecule has 2 aromatic carbocycles. The highest BCUT2D eigenvalue weighted by molar-refractivity contribution is 5.95. The Morgan fingerprint density at radius 1 is 1.17 bits per heavy atom. The zero-order valence-electron chi connectivity index (χ0n) is 15.3. The van der Waals surface area contributed by atoms with Gasteiger partial charge in [0.15, 0.2) is 0 Å². The Morgan fingerprint density at radius 3 is 2.55 bits per heavy atom. The number of hydrazine groups is 1. The lowest BCUT2D eigenvalue weighted by Crippen LogP contribution is -2.31. The van der Waals surface area contributed by atoms with Crippen LogP contribution < -0.4 is 15.6 Å². The fourth-order valence-corrected chi connectivity index (χ4v) is 2.43. The number of hydrogen-bond acceptors (Lipinski definition) is 7. The van der Waals surface area contributed by atoms with Crippen LogP contribution in [0.15, 0.2) is 54.9 Å². The van der Waals surface area contributed by atoms with Gasteiger partial charge in [-0.25, -0.2) is 9.37 Å². The second kappa shape index (κ2) is 8.74. The van der Waals surface area contributed by atoms with E-state index in [2.05, 4.69) is 20.8 Å². The minimum Gasteiger partial charge on any atom is -0.434 e. The van der Waals surface area contributed by atoms with E-state index >= 15 is 0 Å². The smallest absolute Gasteiger partial charge is 0.374 e. The number of hydrogen-bond donors (Lipinski definition) is 2. The largest absolute Gasteiger partial charge is 0.434 e. The van der Waals surface area contributed by atoms with Crippen LogP contribution in [0.2, 0.25) is 0 Å². The van der Waals surface area contributed by atoms with Crippen molar-refractivity contribution in [1.82, 2.24) is 15.4 Å². The first-order valence-corrected chi connectivity index (χ1v) is 8.56. The number of rotatable bonds is 7. The number of aromatic nitrogens is 2. The van der Waals surface area contributed by atoms with Gasteiger partial charge in [0, 0.05) is 0 Å². The van der Waals surface area contributed by atoms with Gasteiger partial charge in [-0.3, -0.25) is 25.8 Å². The number of aryl methyl sites for hydroxylation is 1. The van der Waals surface area contributed by atoms with E-state index in [9.17, 15) is 19.3 Å². The molecule has 9 nitrogen and oxygen atoms in total. The Balaban J connectivity index is 1.82. The van der Waals surface area contributed by atoms with Crippen LogP contribution in [0.25, 0.3) is 0 Å². The number of halogens is 1. The molecule has 29 heavy (non-hydrogen) atoms. The first-order chi connectivity index (χ1) is 14.0. The fourth-order valence-electron chi connectivity index (χ4n) is 2.43. The van der Waals surface area contributed by atoms with Crippen molar-refractivity contribution in [2.45, 2.75) is 13.3 Å². The van der Waals surface area contributed by atoms with E-state index in [1.165, 1.54) is 18.2 Å². The molecule has 0 atom stereocenters. The minimum atomic E-state index is -0.825. The molecule has 1 aromatic heterocycles. The molecule has 0 unspecified atom stereocenters. The van der Waals surface area contributed by atoms with Crippen molar-refractivity contribution >= 4 is 17.4 Å². The van der Waals surface area contributed by atoms with Crippen molar-refractivity contribution in [2.24, 2.45) is 0 Å². The summed E-state index contributed by atoms with van der Waals surface area (Å²) in [6.45, 7) is 2.00. The molecule has 0 fully saturated rings. The standard InChI is InChI=1S/C19H16FN5O4/c1-2-12-7-9-13(10-8-12)29-19-16(25(27)28)17(21-11-22-19)23-24-18(26)14-5-3-4-6-15(14)20/h3-11H,2H2,1H3,(H,24,26)(H,21,22,23). The molecule has 0 aliphatic carbocycles. The average Bonchev–Trinajstić information content (AvgIpc) is 2.72. The average molecular weight is 397 g/mol. The summed E-state index contributed by atoms with van der Waals surface area (Å²) in [5, 5.41) is 11.5. The maximum absolute atomic E-state index is 13.7. The van der Waals surface area contributed by atoms with Crippen LogP contribution in [0.3, 0.4) is 0 Å². The Labute approximate surface area is 164 Å². The number of ether oxygens (including phenoxy) is 1. The fraction of sp³-hybridized carbons (Fsp3) is 0.105. The molecular weight excluding hydrogens is 381 g/mol. The Kier molecular flexibility index (Phi) is 5.93. The SMILES string of the molecule is CCc1ccc(Oc2ncnc(NNC(=O)c3ccccc3F)c2[N+](=O)[O-])cc1. The van der Waals surface area contributed by atoms with E-state index in [0.717, 1.165) is 24.4 Å². The normalized spacial score (nSPS) is 10.3. The van der Waals surface area contributed by atoms with Crippen LogP contribution >= 0.6 is 0 Å². The monoisotopic (exact) mass is 397 g/mol. The molecule has 10 heteroatoms. The maximum Gasteiger partial charge on any atom is 0.374 e. The molecular formula is C19H16FN5O4. The van der Waals surface area contributed by atoms with Gasteiger partial charge in [-0.15, -0.1) is 0 Å². The van der Waals surface area contributed by atoms with Crippen molar-refractivity contribution in [1.29, 1.82) is 0 Å². The van der Waals surface area contributed by atoms with E-state index in [-0.39, 0.29) is 17.3 Å². The van der Waals surface area contributed by atoms with Gasteiger partial charge in [0.1, 0.15) is 17.9 Å². The van der Waals surface area contributed by atoms with Gasteiger partial charge in [0.25, 0.3) is 5.91 Å². The third-order valence-corrected chi connectivity index (χ3v) is 3.93. The molecule has 0 radical (unpaired) electrons. The lowest BCUT2D eigenvalue weighted by molar-refractivity contribution is -0.385. The molecule has 2 N–H and O–H groups in total. The van der Waals surface area contributed by atoms with Gasteiger partial charge in [-0.2, -0.15) is 4.98 Å². The van der Waals surface area contributed by atoms with Crippen LogP contribution in [0, 0.1) is 15.9 Å². The lowest BCUT2D eigenvalue weighted by Gasteiger charge is -2.11. The van der Waals surface area contributed by atoms with E-state index in [0.29, 0.717) is 5.75 Å². The number of nitrogens with one attached hydrogen (secondary N) is 2. The number of amides is 1. The highest BCUT2D eigenvalue weighted by Crippen LogP contribution is 2.33.